The molecule has 0 unspecified atom stereocenters. The highest BCUT2D eigenvalue weighted by Crippen LogP contribution is 2.40. The molecular formula is C57H35FN6. The molecule has 0 radical (unpaired) electrons. The second-order valence-corrected chi connectivity index (χ2v) is 16.2. The van der Waals surface area contributed by atoms with Crippen molar-refractivity contribution in [3.8, 4) is 51.2 Å². The molecule has 6 nitrogen and oxygen atoms in total. The van der Waals surface area contributed by atoms with Gasteiger partial charge in [0.1, 0.15) is 5.82 Å². The van der Waals surface area contributed by atoms with Gasteiger partial charge >= 0.3 is 0 Å². The molecule has 300 valence electrons. The van der Waals surface area contributed by atoms with Crippen LogP contribution in [0.3, 0.4) is 0 Å². The summed E-state index contributed by atoms with van der Waals surface area (Å²) in [5, 5.41) is 6.81. The first-order chi connectivity index (χ1) is 31.7. The van der Waals surface area contributed by atoms with Crippen LogP contribution in [0, 0.1) is 5.82 Å². The Kier molecular flexibility index (Phi) is 7.99. The van der Waals surface area contributed by atoms with E-state index in [1.54, 1.807) is 6.07 Å². The lowest BCUT2D eigenvalue weighted by atomic mass is 10.1. The summed E-state index contributed by atoms with van der Waals surface area (Å²) in [6.07, 6.45) is 0. The SMILES string of the molecule is Fc1cc(-c2nc(-c3ccccc3)nc(-c3ccccc3)n2)ccc1-n1c2ccc(-n3c4ccccc4c4ccccc43)cc2c2cc(-n3c4ccccc4c4ccccc43)ccc21. The smallest absolute Gasteiger partial charge is 0.164 e. The van der Waals surface area contributed by atoms with E-state index in [0.717, 1.165) is 66.4 Å². The molecule has 0 saturated carbocycles. The number of hydrogen-bond acceptors (Lipinski definition) is 3. The van der Waals surface area contributed by atoms with Crippen LogP contribution in [-0.4, -0.2) is 28.7 Å². The lowest BCUT2D eigenvalue weighted by molar-refractivity contribution is 0.621. The average Bonchev–Trinajstić information content (AvgIpc) is 3.99. The van der Waals surface area contributed by atoms with Gasteiger partial charge in [-0.3, -0.25) is 0 Å². The predicted octanol–water partition coefficient (Wildman–Crippen LogP) is 14.3. The monoisotopic (exact) mass is 822 g/mol. The summed E-state index contributed by atoms with van der Waals surface area (Å²) in [7, 11) is 0. The summed E-state index contributed by atoms with van der Waals surface area (Å²) in [5.74, 6) is 1.05. The minimum Gasteiger partial charge on any atom is -0.309 e. The number of benzene rings is 9. The van der Waals surface area contributed by atoms with Crippen LogP contribution in [0.4, 0.5) is 4.39 Å². The Hall–Kier alpha value is -8.68. The van der Waals surface area contributed by atoms with Crippen LogP contribution >= 0.6 is 0 Å². The molecule has 64 heavy (non-hydrogen) atoms. The first-order valence-corrected chi connectivity index (χ1v) is 21.4. The molecule has 7 heteroatoms. The van der Waals surface area contributed by atoms with Crippen molar-refractivity contribution in [1.29, 1.82) is 0 Å². The Labute approximate surface area is 366 Å². The van der Waals surface area contributed by atoms with Crippen molar-refractivity contribution >= 4 is 65.4 Å². The number of rotatable bonds is 6. The molecule has 0 aliphatic carbocycles. The average molecular weight is 823 g/mol. The summed E-state index contributed by atoms with van der Waals surface area (Å²) < 4.78 is 23.9. The van der Waals surface area contributed by atoms with Gasteiger partial charge in [-0.2, -0.15) is 0 Å². The van der Waals surface area contributed by atoms with Crippen LogP contribution in [0.2, 0.25) is 0 Å². The summed E-state index contributed by atoms with van der Waals surface area (Å²) in [6.45, 7) is 0. The van der Waals surface area contributed by atoms with E-state index < -0.39 is 5.82 Å². The van der Waals surface area contributed by atoms with Crippen molar-refractivity contribution in [2.24, 2.45) is 0 Å². The molecule has 4 heterocycles. The van der Waals surface area contributed by atoms with E-state index in [4.69, 9.17) is 15.0 Å². The number of fused-ring (bicyclic) bond motifs is 9. The van der Waals surface area contributed by atoms with Crippen molar-refractivity contribution in [2.75, 3.05) is 0 Å². The molecule has 0 fully saturated rings. The maximum absolute atomic E-state index is 17.2. The van der Waals surface area contributed by atoms with Gasteiger partial charge in [0.05, 0.1) is 38.8 Å². The molecule has 4 aromatic heterocycles. The summed E-state index contributed by atoms with van der Waals surface area (Å²) >= 11 is 0. The van der Waals surface area contributed by atoms with E-state index in [2.05, 4.69) is 143 Å². The van der Waals surface area contributed by atoms with E-state index >= 15 is 4.39 Å². The zero-order chi connectivity index (χ0) is 42.3. The van der Waals surface area contributed by atoms with Crippen LogP contribution in [0.25, 0.3) is 117 Å². The van der Waals surface area contributed by atoms with Crippen LogP contribution in [0.15, 0.2) is 212 Å². The summed E-state index contributed by atoms with van der Waals surface area (Å²) in [4.78, 5) is 14.6. The van der Waals surface area contributed by atoms with E-state index in [-0.39, 0.29) is 0 Å². The molecule has 13 rings (SSSR count). The van der Waals surface area contributed by atoms with Crippen LogP contribution in [0.1, 0.15) is 0 Å². The molecule has 9 aromatic carbocycles. The lowest BCUT2D eigenvalue weighted by Crippen LogP contribution is -2.02. The van der Waals surface area contributed by atoms with Crippen molar-refractivity contribution in [3.63, 3.8) is 0 Å². The first-order valence-electron chi connectivity index (χ1n) is 21.4. The van der Waals surface area contributed by atoms with Gasteiger partial charge in [-0.15, -0.1) is 0 Å². The summed E-state index contributed by atoms with van der Waals surface area (Å²) in [6, 6.07) is 72.2. The third-order valence-corrected chi connectivity index (χ3v) is 12.6. The van der Waals surface area contributed by atoms with Crippen molar-refractivity contribution in [2.45, 2.75) is 0 Å². The zero-order valence-corrected chi connectivity index (χ0v) is 34.3. The highest BCUT2D eigenvalue weighted by atomic mass is 19.1. The largest absolute Gasteiger partial charge is 0.309 e. The fourth-order valence-electron chi connectivity index (χ4n) is 9.70. The minimum absolute atomic E-state index is 0.391. The third kappa shape index (κ3) is 5.54. The predicted molar refractivity (Wildman–Crippen MR) is 259 cm³/mol. The molecule has 0 spiro atoms. The lowest BCUT2D eigenvalue weighted by Gasteiger charge is -2.13. The normalized spacial score (nSPS) is 11.8. The fourth-order valence-corrected chi connectivity index (χ4v) is 9.70. The number of para-hydroxylation sites is 4. The van der Waals surface area contributed by atoms with Crippen molar-refractivity contribution in [3.05, 3.63) is 218 Å². The number of nitrogens with zero attached hydrogens (tertiary/aromatic N) is 6. The van der Waals surface area contributed by atoms with Gasteiger partial charge in [0.15, 0.2) is 17.5 Å². The van der Waals surface area contributed by atoms with Crippen LogP contribution in [-0.2, 0) is 0 Å². The molecule has 0 bridgehead atoms. The summed E-state index contributed by atoms with van der Waals surface area (Å²) in [5.41, 5.74) is 11.0. The van der Waals surface area contributed by atoms with Gasteiger partial charge < -0.3 is 13.7 Å². The topological polar surface area (TPSA) is 53.5 Å². The molecule has 0 N–H and O–H groups in total. The molecule has 0 aliphatic rings. The standard InChI is InChI=1S/C57H35FN6/c58-47-33-38(57-60-55(36-15-3-1-4-16-36)59-56(61-57)37-17-5-2-6-18-37)27-30-54(47)64-52-31-28-39(62-48-23-11-7-19-41(48)42-20-8-12-24-49(42)62)34-45(52)46-35-40(29-32-53(46)64)63-50-25-13-9-21-43(50)44-22-10-14-26-51(44)63/h1-35H. The third-order valence-electron chi connectivity index (χ3n) is 12.6. The molecule has 13 aromatic rings. The van der Waals surface area contributed by atoms with Crippen LogP contribution in [0.5, 0.6) is 0 Å². The number of hydrogen-bond donors (Lipinski definition) is 0. The molecular weight excluding hydrogens is 788 g/mol. The van der Waals surface area contributed by atoms with E-state index in [0.29, 0.717) is 28.7 Å². The Morgan fingerprint density at radius 3 is 1.05 bits per heavy atom. The number of aromatic nitrogens is 6. The Morgan fingerprint density at radius 1 is 0.281 bits per heavy atom. The van der Waals surface area contributed by atoms with Gasteiger partial charge in [0.2, 0.25) is 0 Å². The second-order valence-electron chi connectivity index (χ2n) is 16.2. The van der Waals surface area contributed by atoms with Gasteiger partial charge in [-0.05, 0) is 78.9 Å². The second kappa shape index (κ2) is 14.2. The van der Waals surface area contributed by atoms with Gasteiger partial charge in [-0.25, -0.2) is 19.3 Å². The maximum atomic E-state index is 17.2. The fraction of sp³-hybridized carbons (Fsp3) is 0. The molecule has 0 saturated heterocycles. The van der Waals surface area contributed by atoms with Gasteiger partial charge in [-0.1, -0.05) is 133 Å². The molecule has 0 amide bonds. The van der Waals surface area contributed by atoms with Crippen molar-refractivity contribution < 1.29 is 4.39 Å². The van der Waals surface area contributed by atoms with Crippen LogP contribution < -0.4 is 0 Å². The van der Waals surface area contributed by atoms with E-state index in [1.807, 2.05) is 77.4 Å². The quantitative estimate of drug-likeness (QED) is 0.168. The molecule has 0 aliphatic heterocycles. The highest BCUT2D eigenvalue weighted by molar-refractivity contribution is 6.14. The zero-order valence-electron chi connectivity index (χ0n) is 34.3. The molecule has 0 atom stereocenters. The maximum Gasteiger partial charge on any atom is 0.164 e. The van der Waals surface area contributed by atoms with Gasteiger partial charge in [0.25, 0.3) is 0 Å². The minimum atomic E-state index is -0.391. The Balaban J connectivity index is 1.03. The van der Waals surface area contributed by atoms with E-state index in [1.165, 1.54) is 21.5 Å². The first kappa shape index (κ1) is 36.0. The highest BCUT2D eigenvalue weighted by Gasteiger charge is 2.21. The van der Waals surface area contributed by atoms with Crippen molar-refractivity contribution in [1.82, 2.24) is 28.7 Å². The number of halogens is 1. The van der Waals surface area contributed by atoms with E-state index in [9.17, 15) is 0 Å². The Bertz CT molecular complexity index is 3640. The van der Waals surface area contributed by atoms with Gasteiger partial charge in [0, 0.05) is 60.4 Å². The Morgan fingerprint density at radius 2 is 0.641 bits per heavy atom.